The van der Waals surface area contributed by atoms with E-state index in [-0.39, 0.29) is 28.3 Å². The average Bonchev–Trinajstić information content (AvgIpc) is 3.27. The highest BCUT2D eigenvalue weighted by Gasteiger charge is 2.26. The molecule has 2 aromatic heterocycles. The molecule has 2 heterocycles. The Morgan fingerprint density at radius 2 is 1.90 bits per heavy atom. The molecule has 5 N–H and O–H groups in total. The van der Waals surface area contributed by atoms with Crippen molar-refractivity contribution in [3.05, 3.63) is 41.7 Å². The van der Waals surface area contributed by atoms with Crippen molar-refractivity contribution in [1.82, 2.24) is 14.8 Å². The number of aryl methyl sites for hydroxylation is 1. The van der Waals surface area contributed by atoms with Crippen molar-refractivity contribution in [1.29, 1.82) is 0 Å². The molecule has 1 amide bonds. The number of carbonyl (C=O) groups excluding carboxylic acids is 1. The minimum atomic E-state index is -0.775. The number of halogens is 2. The van der Waals surface area contributed by atoms with E-state index >= 15 is 0 Å². The van der Waals surface area contributed by atoms with Crippen LogP contribution in [0.3, 0.4) is 0 Å². The highest BCUT2D eigenvalue weighted by atomic mass is 32.1. The zero-order valence-corrected chi connectivity index (χ0v) is 17.2. The Morgan fingerprint density at radius 1 is 1.23 bits per heavy atom. The number of benzene rings is 1. The maximum absolute atomic E-state index is 14.3. The summed E-state index contributed by atoms with van der Waals surface area (Å²) < 4.78 is 30.2. The van der Waals surface area contributed by atoms with Gasteiger partial charge in [0.1, 0.15) is 22.3 Å². The average molecular weight is 433 g/mol. The molecule has 0 saturated heterocycles. The highest BCUT2D eigenvalue weighted by Crippen LogP contribution is 2.40. The van der Waals surface area contributed by atoms with Crippen LogP contribution in [0.1, 0.15) is 36.2 Å². The van der Waals surface area contributed by atoms with Gasteiger partial charge in [0.25, 0.3) is 5.91 Å². The number of nitrogens with zero attached hydrogens (tertiary/aromatic N) is 3. The normalized spacial score (nSPS) is 19.1. The largest absolute Gasteiger partial charge is 0.365 e. The van der Waals surface area contributed by atoms with Crippen molar-refractivity contribution in [3.63, 3.8) is 0 Å². The molecule has 10 heteroatoms. The molecule has 0 bridgehead atoms. The van der Waals surface area contributed by atoms with Crippen molar-refractivity contribution in [2.24, 2.45) is 18.5 Å². The van der Waals surface area contributed by atoms with E-state index in [0.29, 0.717) is 16.3 Å². The molecule has 1 aliphatic rings. The van der Waals surface area contributed by atoms with Gasteiger partial charge in [0.05, 0.1) is 16.0 Å². The Kier molecular flexibility index (Phi) is 5.52. The molecular weight excluding hydrogens is 410 g/mol. The summed E-state index contributed by atoms with van der Waals surface area (Å²) in [6, 6.07) is 3.98. The molecule has 158 valence electrons. The first kappa shape index (κ1) is 20.4. The number of nitrogens with one attached hydrogen (secondary N) is 1. The summed E-state index contributed by atoms with van der Waals surface area (Å²) in [5.74, 6) is -1.71. The molecule has 1 saturated carbocycles. The number of rotatable bonds is 5. The molecular formula is C20H22F2N6OS. The minimum Gasteiger partial charge on any atom is -0.365 e. The topological polar surface area (TPSA) is 112 Å². The second-order valence-electron chi connectivity index (χ2n) is 7.48. The van der Waals surface area contributed by atoms with Crippen LogP contribution in [0.5, 0.6) is 0 Å². The van der Waals surface area contributed by atoms with E-state index in [2.05, 4.69) is 15.4 Å². The minimum absolute atomic E-state index is 0.0423. The second kappa shape index (κ2) is 8.11. The van der Waals surface area contributed by atoms with Crippen LogP contribution < -0.4 is 16.8 Å². The lowest BCUT2D eigenvalue weighted by Gasteiger charge is -2.27. The quantitative estimate of drug-likeness (QED) is 0.573. The van der Waals surface area contributed by atoms with Gasteiger partial charge in [-0.1, -0.05) is 6.07 Å². The number of anilines is 1. The summed E-state index contributed by atoms with van der Waals surface area (Å²) in [5, 5.41) is 7.94. The van der Waals surface area contributed by atoms with Gasteiger partial charge < -0.3 is 16.8 Å². The predicted molar refractivity (Wildman–Crippen MR) is 112 cm³/mol. The van der Waals surface area contributed by atoms with Crippen molar-refractivity contribution in [2.75, 3.05) is 5.32 Å². The molecule has 3 aromatic rings. The van der Waals surface area contributed by atoms with Crippen LogP contribution in [0.25, 0.3) is 21.0 Å². The van der Waals surface area contributed by atoms with Crippen LogP contribution in [0.2, 0.25) is 0 Å². The van der Waals surface area contributed by atoms with Gasteiger partial charge in [0.15, 0.2) is 5.82 Å². The fourth-order valence-electron chi connectivity index (χ4n) is 3.70. The summed E-state index contributed by atoms with van der Waals surface area (Å²) in [6.45, 7) is 0. The predicted octanol–water partition coefficient (Wildman–Crippen LogP) is 3.27. The molecule has 0 unspecified atom stereocenters. The van der Waals surface area contributed by atoms with Gasteiger partial charge in [0.2, 0.25) is 0 Å². The van der Waals surface area contributed by atoms with Gasteiger partial charge >= 0.3 is 0 Å². The summed E-state index contributed by atoms with van der Waals surface area (Å²) in [5.41, 5.74) is 11.8. The van der Waals surface area contributed by atoms with E-state index in [9.17, 15) is 13.6 Å². The first-order chi connectivity index (χ1) is 14.3. The lowest BCUT2D eigenvalue weighted by atomic mass is 9.92. The number of hydrogen-bond acceptors (Lipinski definition) is 6. The molecule has 30 heavy (non-hydrogen) atoms. The highest BCUT2D eigenvalue weighted by molar-refractivity contribution is 7.18. The van der Waals surface area contributed by atoms with Crippen molar-refractivity contribution in [3.8, 4) is 21.0 Å². The molecule has 1 aliphatic carbocycles. The smallest absolute Gasteiger partial charge is 0.268 e. The number of carbonyl (C=O) groups is 1. The molecule has 4 rings (SSSR count). The van der Waals surface area contributed by atoms with Gasteiger partial charge in [-0.25, -0.2) is 13.8 Å². The first-order valence-corrected chi connectivity index (χ1v) is 10.5. The van der Waals surface area contributed by atoms with E-state index in [4.69, 9.17) is 11.5 Å². The molecule has 1 fully saturated rings. The summed E-state index contributed by atoms with van der Waals surface area (Å²) >= 11 is 1.01. The zero-order chi connectivity index (χ0) is 21.4. The van der Waals surface area contributed by atoms with Crippen LogP contribution in [0.15, 0.2) is 24.4 Å². The van der Waals surface area contributed by atoms with Gasteiger partial charge in [-0.05, 0) is 37.8 Å². The number of primary amides is 1. The maximum Gasteiger partial charge on any atom is 0.268 e. The van der Waals surface area contributed by atoms with Crippen LogP contribution in [0, 0.1) is 11.6 Å². The van der Waals surface area contributed by atoms with Gasteiger partial charge in [-0.3, -0.25) is 9.48 Å². The van der Waals surface area contributed by atoms with Crippen molar-refractivity contribution < 1.29 is 13.6 Å². The monoisotopic (exact) mass is 432 g/mol. The Hall–Kier alpha value is -2.85. The van der Waals surface area contributed by atoms with Crippen LogP contribution in [-0.2, 0) is 7.05 Å². The number of thiazole rings is 1. The Bertz CT molecular complexity index is 1070. The summed E-state index contributed by atoms with van der Waals surface area (Å²) in [6.07, 6.45) is 5.40. The van der Waals surface area contributed by atoms with Crippen LogP contribution >= 0.6 is 11.3 Å². The molecule has 0 aliphatic heterocycles. The Balaban J connectivity index is 1.76. The lowest BCUT2D eigenvalue weighted by molar-refractivity contribution is 0.0997. The van der Waals surface area contributed by atoms with E-state index in [1.165, 1.54) is 6.07 Å². The fourth-order valence-corrected chi connectivity index (χ4v) is 4.83. The Labute approximate surface area is 176 Å². The van der Waals surface area contributed by atoms with E-state index in [1.54, 1.807) is 17.9 Å². The van der Waals surface area contributed by atoms with Crippen molar-refractivity contribution >= 4 is 23.1 Å². The molecule has 0 atom stereocenters. The second-order valence-corrected chi connectivity index (χ2v) is 8.48. The maximum atomic E-state index is 14.3. The van der Waals surface area contributed by atoms with Gasteiger partial charge in [0, 0.05) is 25.3 Å². The number of amides is 1. The number of hydrogen-bond donors (Lipinski definition) is 3. The number of aromatic nitrogens is 3. The molecule has 0 spiro atoms. The Morgan fingerprint density at radius 3 is 2.53 bits per heavy atom. The molecule has 1 aromatic carbocycles. The van der Waals surface area contributed by atoms with E-state index in [1.807, 2.05) is 0 Å². The first-order valence-electron chi connectivity index (χ1n) is 9.64. The molecule has 7 nitrogen and oxygen atoms in total. The van der Waals surface area contributed by atoms with E-state index < -0.39 is 17.5 Å². The summed E-state index contributed by atoms with van der Waals surface area (Å²) in [4.78, 5) is 16.7. The lowest BCUT2D eigenvalue weighted by Crippen LogP contribution is -2.33. The van der Waals surface area contributed by atoms with Gasteiger partial charge in [-0.2, -0.15) is 5.10 Å². The van der Waals surface area contributed by atoms with Crippen LogP contribution in [-0.4, -0.2) is 32.8 Å². The standard InChI is InChI=1S/C20H22F2N6OS/c1-28-9-12(19(27-28)25-11-7-5-10(23)6-8-11)17-16(18(24)29)26-20(30-17)15-13(21)3-2-4-14(15)22/h2-4,9-11H,5-8,23H2,1H3,(H2,24,29)(H,25,27). The number of nitrogens with two attached hydrogens (primary N) is 2. The third kappa shape index (κ3) is 3.92. The third-order valence-electron chi connectivity index (χ3n) is 5.22. The molecule has 0 radical (unpaired) electrons. The summed E-state index contributed by atoms with van der Waals surface area (Å²) in [7, 11) is 1.76. The fraction of sp³-hybridized carbons (Fsp3) is 0.350. The zero-order valence-electron chi connectivity index (χ0n) is 16.4. The van der Waals surface area contributed by atoms with Crippen molar-refractivity contribution in [2.45, 2.75) is 37.8 Å². The van der Waals surface area contributed by atoms with Gasteiger partial charge in [-0.15, -0.1) is 11.3 Å². The van der Waals surface area contributed by atoms with Crippen LogP contribution in [0.4, 0.5) is 14.6 Å². The third-order valence-corrected chi connectivity index (χ3v) is 6.33. The van der Waals surface area contributed by atoms with E-state index in [0.717, 1.165) is 49.2 Å². The SMILES string of the molecule is Cn1cc(-c2sc(-c3c(F)cccc3F)nc2C(N)=O)c(NC2CCC(N)CC2)n1.